The minimum Gasteiger partial charge on any atom is -0.495 e. The normalized spacial score (nSPS) is 14.6. The van der Waals surface area contributed by atoms with Gasteiger partial charge in [0.25, 0.3) is 5.91 Å². The summed E-state index contributed by atoms with van der Waals surface area (Å²) < 4.78 is 5.56. The van der Waals surface area contributed by atoms with Gasteiger partial charge < -0.3 is 25.2 Å². The van der Waals surface area contributed by atoms with Crippen LogP contribution < -0.4 is 25.2 Å². The molecular weight excluding hydrogens is 476 g/mol. The van der Waals surface area contributed by atoms with Crippen LogP contribution in [-0.4, -0.2) is 45.1 Å². The molecule has 38 heavy (non-hydrogen) atoms. The molecule has 1 aliphatic rings. The molecule has 2 N–H and O–H groups in total. The van der Waals surface area contributed by atoms with Crippen molar-refractivity contribution >= 4 is 28.9 Å². The van der Waals surface area contributed by atoms with Crippen LogP contribution in [0.2, 0.25) is 0 Å². The van der Waals surface area contributed by atoms with Crippen LogP contribution in [0.5, 0.6) is 5.75 Å². The Bertz CT molecular complexity index is 1260. The number of carbonyl (C=O) groups is 2. The van der Waals surface area contributed by atoms with Gasteiger partial charge >= 0.3 is 0 Å². The van der Waals surface area contributed by atoms with E-state index < -0.39 is 5.41 Å². The number of anilines is 3. The summed E-state index contributed by atoms with van der Waals surface area (Å²) in [4.78, 5) is 30.8. The number of hydrogen-bond donors (Lipinski definition) is 2. The first-order valence-corrected chi connectivity index (χ1v) is 13.1. The van der Waals surface area contributed by atoms with Gasteiger partial charge in [-0.1, -0.05) is 63.2 Å². The summed E-state index contributed by atoms with van der Waals surface area (Å²) in [7, 11) is 1.69. The molecule has 1 fully saturated rings. The van der Waals surface area contributed by atoms with Crippen LogP contribution in [-0.2, 0) is 4.79 Å². The number of benzene rings is 3. The van der Waals surface area contributed by atoms with Crippen molar-refractivity contribution in [2.24, 2.45) is 5.41 Å². The van der Waals surface area contributed by atoms with Crippen molar-refractivity contribution in [1.82, 2.24) is 5.32 Å². The van der Waals surface area contributed by atoms with E-state index >= 15 is 0 Å². The van der Waals surface area contributed by atoms with Crippen LogP contribution in [0, 0.1) is 5.41 Å². The van der Waals surface area contributed by atoms with E-state index in [9.17, 15) is 9.59 Å². The van der Waals surface area contributed by atoms with Crippen molar-refractivity contribution < 1.29 is 14.3 Å². The summed E-state index contributed by atoms with van der Waals surface area (Å²) in [6, 6.07) is 23.4. The summed E-state index contributed by atoms with van der Waals surface area (Å²) in [5, 5.41) is 6.12. The minimum atomic E-state index is -0.544. The third-order valence-electron chi connectivity index (χ3n) is 6.87. The van der Waals surface area contributed by atoms with Crippen molar-refractivity contribution in [2.45, 2.75) is 33.7 Å². The largest absolute Gasteiger partial charge is 0.495 e. The van der Waals surface area contributed by atoms with Crippen molar-refractivity contribution in [1.29, 1.82) is 0 Å². The smallest absolute Gasteiger partial charge is 0.253 e. The molecule has 7 nitrogen and oxygen atoms in total. The highest BCUT2D eigenvalue weighted by Gasteiger charge is 2.26. The number of methoxy groups -OCH3 is 1. The molecule has 0 radical (unpaired) electrons. The summed E-state index contributed by atoms with van der Waals surface area (Å²) >= 11 is 0. The SMILES string of the molecule is COc1ccccc1N1CCN(c2ccc(NC(=O)C(C)(C)C)cc2C(=O)NC(C)c2ccccc2)CC1. The monoisotopic (exact) mass is 514 g/mol. The highest BCUT2D eigenvalue weighted by atomic mass is 16.5. The maximum absolute atomic E-state index is 13.6. The number of para-hydroxylation sites is 2. The molecule has 1 aliphatic heterocycles. The van der Waals surface area contributed by atoms with E-state index in [-0.39, 0.29) is 17.9 Å². The van der Waals surface area contributed by atoms with E-state index in [1.165, 1.54) is 0 Å². The molecule has 0 bridgehead atoms. The Kier molecular flexibility index (Phi) is 8.25. The number of amides is 2. The maximum Gasteiger partial charge on any atom is 0.253 e. The number of piperazine rings is 1. The predicted molar refractivity (Wildman–Crippen MR) is 154 cm³/mol. The molecule has 0 saturated carbocycles. The lowest BCUT2D eigenvalue weighted by molar-refractivity contribution is -0.123. The molecule has 0 spiro atoms. The van der Waals surface area contributed by atoms with E-state index in [0.29, 0.717) is 11.3 Å². The first-order valence-electron chi connectivity index (χ1n) is 13.1. The molecule has 3 aromatic rings. The lowest BCUT2D eigenvalue weighted by Crippen LogP contribution is -2.47. The minimum absolute atomic E-state index is 0.0975. The Hall–Kier alpha value is -4.00. The van der Waals surface area contributed by atoms with Crippen LogP contribution in [0.25, 0.3) is 0 Å². The zero-order chi connectivity index (χ0) is 27.3. The van der Waals surface area contributed by atoms with E-state index in [2.05, 4.69) is 26.5 Å². The molecule has 7 heteroatoms. The van der Waals surface area contributed by atoms with E-state index in [1.807, 2.05) is 88.4 Å². The van der Waals surface area contributed by atoms with Gasteiger partial charge in [0.1, 0.15) is 5.75 Å². The molecule has 0 aliphatic carbocycles. The third-order valence-corrected chi connectivity index (χ3v) is 6.87. The van der Waals surface area contributed by atoms with Crippen LogP contribution >= 0.6 is 0 Å². The maximum atomic E-state index is 13.6. The van der Waals surface area contributed by atoms with Gasteiger partial charge in [0.2, 0.25) is 5.91 Å². The lowest BCUT2D eigenvalue weighted by atomic mass is 9.95. The molecule has 1 heterocycles. The number of hydrogen-bond acceptors (Lipinski definition) is 5. The number of carbonyl (C=O) groups excluding carboxylic acids is 2. The fourth-order valence-electron chi connectivity index (χ4n) is 4.57. The van der Waals surface area contributed by atoms with E-state index in [0.717, 1.165) is 48.9 Å². The molecular formula is C31H38N4O3. The van der Waals surface area contributed by atoms with Crippen molar-refractivity contribution in [3.05, 3.63) is 83.9 Å². The first-order chi connectivity index (χ1) is 18.2. The van der Waals surface area contributed by atoms with Gasteiger partial charge in [0.15, 0.2) is 0 Å². The molecule has 0 aromatic heterocycles. The highest BCUT2D eigenvalue weighted by Crippen LogP contribution is 2.31. The zero-order valence-electron chi connectivity index (χ0n) is 23.0. The zero-order valence-corrected chi connectivity index (χ0v) is 23.0. The Morgan fingerprint density at radius 2 is 1.45 bits per heavy atom. The van der Waals surface area contributed by atoms with E-state index in [4.69, 9.17) is 4.74 Å². The van der Waals surface area contributed by atoms with Gasteiger partial charge in [-0.05, 0) is 42.8 Å². The Labute approximate surface area is 225 Å². The molecule has 1 saturated heterocycles. The topological polar surface area (TPSA) is 73.9 Å². The Balaban J connectivity index is 1.58. The molecule has 4 rings (SSSR count). The van der Waals surface area contributed by atoms with Crippen LogP contribution in [0.1, 0.15) is 49.7 Å². The molecule has 200 valence electrons. The predicted octanol–water partition coefficient (Wildman–Crippen LogP) is 5.50. The van der Waals surface area contributed by atoms with E-state index in [1.54, 1.807) is 13.2 Å². The second-order valence-corrected chi connectivity index (χ2v) is 10.7. The average molecular weight is 515 g/mol. The van der Waals surface area contributed by atoms with Gasteiger partial charge in [0.05, 0.1) is 24.4 Å². The highest BCUT2D eigenvalue weighted by molar-refractivity contribution is 6.02. The van der Waals surface area contributed by atoms with Crippen molar-refractivity contribution in [3.8, 4) is 5.75 Å². The third kappa shape index (κ3) is 6.28. The first kappa shape index (κ1) is 27.0. The molecule has 3 aromatic carbocycles. The Morgan fingerprint density at radius 1 is 0.842 bits per heavy atom. The van der Waals surface area contributed by atoms with Gasteiger partial charge in [0, 0.05) is 43.0 Å². The van der Waals surface area contributed by atoms with Crippen LogP contribution in [0.3, 0.4) is 0 Å². The average Bonchev–Trinajstić information content (AvgIpc) is 2.93. The molecule has 1 unspecified atom stereocenters. The fraction of sp³-hybridized carbons (Fsp3) is 0.355. The van der Waals surface area contributed by atoms with Crippen LogP contribution in [0.4, 0.5) is 17.1 Å². The fourth-order valence-corrected chi connectivity index (χ4v) is 4.57. The molecule has 1 atom stereocenters. The quantitative estimate of drug-likeness (QED) is 0.436. The van der Waals surface area contributed by atoms with Gasteiger partial charge in [-0.25, -0.2) is 0 Å². The lowest BCUT2D eigenvalue weighted by Gasteiger charge is -2.38. The summed E-state index contributed by atoms with van der Waals surface area (Å²) in [6.07, 6.45) is 0. The number of rotatable bonds is 7. The van der Waals surface area contributed by atoms with Gasteiger partial charge in [-0.2, -0.15) is 0 Å². The standard InChI is InChI=1S/C31H38N4O3/c1-22(23-11-7-6-8-12-23)32-29(36)25-21-24(33-30(37)31(2,3)4)15-16-26(25)34-17-19-35(20-18-34)27-13-9-10-14-28(27)38-5/h6-16,21-22H,17-20H2,1-5H3,(H,32,36)(H,33,37). The second kappa shape index (κ2) is 11.6. The summed E-state index contributed by atoms with van der Waals surface area (Å²) in [6.45, 7) is 10.7. The second-order valence-electron chi connectivity index (χ2n) is 10.7. The summed E-state index contributed by atoms with van der Waals surface area (Å²) in [5.41, 5.74) is 3.58. The summed E-state index contributed by atoms with van der Waals surface area (Å²) in [5.74, 6) is 0.588. The number of nitrogens with one attached hydrogen (secondary N) is 2. The van der Waals surface area contributed by atoms with Crippen molar-refractivity contribution in [3.63, 3.8) is 0 Å². The Morgan fingerprint density at radius 3 is 2.08 bits per heavy atom. The van der Waals surface area contributed by atoms with Crippen molar-refractivity contribution in [2.75, 3.05) is 48.4 Å². The van der Waals surface area contributed by atoms with Gasteiger partial charge in [-0.15, -0.1) is 0 Å². The number of nitrogens with zero attached hydrogens (tertiary/aromatic N) is 2. The molecule has 2 amide bonds. The number of ether oxygens (including phenoxy) is 1. The van der Waals surface area contributed by atoms with Crippen LogP contribution in [0.15, 0.2) is 72.8 Å². The van der Waals surface area contributed by atoms with Gasteiger partial charge in [-0.3, -0.25) is 9.59 Å².